The van der Waals surface area contributed by atoms with E-state index in [0.29, 0.717) is 23.0 Å². The molecule has 3 rings (SSSR count). The fourth-order valence-corrected chi connectivity index (χ4v) is 3.18. The number of Topliss-reactive ketones (excluding diaryl/α,β-unsaturated/α-hetero) is 1. The fourth-order valence-electron chi connectivity index (χ4n) is 3.18. The molecule has 0 saturated heterocycles. The molecule has 1 heteroatoms. The summed E-state index contributed by atoms with van der Waals surface area (Å²) in [5.74, 6) is 2.08. The number of carbonyl (C=O) groups is 1. The van der Waals surface area contributed by atoms with Gasteiger partial charge in [0, 0.05) is 12.3 Å². The quantitative estimate of drug-likeness (QED) is 0.594. The molecule has 3 aliphatic carbocycles. The summed E-state index contributed by atoms with van der Waals surface area (Å²) in [4.78, 5) is 11.7. The molecule has 0 N–H and O–H groups in total. The molecule has 0 aromatic heterocycles. The van der Waals surface area contributed by atoms with Crippen molar-refractivity contribution >= 4 is 5.78 Å². The SMILES string of the molecule is C=CCC1C(=O)C[C@H]2C[C@@H]1C2(C)C. The zero-order valence-corrected chi connectivity index (χ0v) is 8.55. The lowest BCUT2D eigenvalue weighted by Gasteiger charge is -2.59. The van der Waals surface area contributed by atoms with E-state index in [2.05, 4.69) is 20.4 Å². The van der Waals surface area contributed by atoms with Gasteiger partial charge in [-0.3, -0.25) is 4.79 Å². The average Bonchev–Trinajstić information content (AvgIpc) is 2.08. The van der Waals surface area contributed by atoms with Gasteiger partial charge in [0.25, 0.3) is 0 Å². The fraction of sp³-hybridized carbons (Fsp3) is 0.750. The summed E-state index contributed by atoms with van der Waals surface area (Å²) in [5.41, 5.74) is 0.418. The van der Waals surface area contributed by atoms with Crippen LogP contribution in [-0.2, 0) is 4.79 Å². The van der Waals surface area contributed by atoms with Crippen LogP contribution in [-0.4, -0.2) is 5.78 Å². The topological polar surface area (TPSA) is 17.1 Å². The number of hydrogen-bond donors (Lipinski definition) is 0. The molecule has 0 radical (unpaired) electrons. The Hall–Kier alpha value is -0.590. The Morgan fingerprint density at radius 2 is 2.31 bits per heavy atom. The second kappa shape index (κ2) is 2.70. The van der Waals surface area contributed by atoms with Crippen LogP contribution in [0.1, 0.15) is 33.1 Å². The van der Waals surface area contributed by atoms with Gasteiger partial charge < -0.3 is 0 Å². The zero-order valence-electron chi connectivity index (χ0n) is 8.55. The Morgan fingerprint density at radius 1 is 1.62 bits per heavy atom. The minimum absolute atomic E-state index is 0.289. The molecule has 0 aromatic carbocycles. The lowest BCUT2D eigenvalue weighted by molar-refractivity contribution is -0.154. The Morgan fingerprint density at radius 3 is 2.85 bits per heavy atom. The molecule has 0 heterocycles. The van der Waals surface area contributed by atoms with Crippen molar-refractivity contribution in [3.8, 4) is 0 Å². The largest absolute Gasteiger partial charge is 0.299 e. The van der Waals surface area contributed by atoms with Crippen molar-refractivity contribution < 1.29 is 4.79 Å². The molecule has 3 fully saturated rings. The normalized spacial score (nSPS) is 41.1. The summed E-state index contributed by atoms with van der Waals surface area (Å²) in [6.07, 6.45) is 4.89. The Kier molecular flexibility index (Phi) is 1.86. The van der Waals surface area contributed by atoms with Crippen LogP contribution in [0.25, 0.3) is 0 Å². The monoisotopic (exact) mass is 178 g/mol. The second-order valence-corrected chi connectivity index (χ2v) is 5.16. The minimum atomic E-state index is 0.289. The number of fused-ring (bicyclic) bond motifs is 2. The van der Waals surface area contributed by atoms with Crippen LogP contribution in [0.5, 0.6) is 0 Å². The van der Waals surface area contributed by atoms with Gasteiger partial charge in [-0.25, -0.2) is 0 Å². The second-order valence-electron chi connectivity index (χ2n) is 5.16. The van der Waals surface area contributed by atoms with Crippen LogP contribution in [0.15, 0.2) is 12.7 Å². The Labute approximate surface area is 80.2 Å². The van der Waals surface area contributed by atoms with Crippen molar-refractivity contribution in [3.63, 3.8) is 0 Å². The van der Waals surface area contributed by atoms with Crippen molar-refractivity contribution in [2.45, 2.75) is 33.1 Å². The Bertz CT molecular complexity index is 252. The molecule has 13 heavy (non-hydrogen) atoms. The van der Waals surface area contributed by atoms with E-state index in [0.717, 1.165) is 12.8 Å². The first kappa shape index (κ1) is 8.98. The van der Waals surface area contributed by atoms with Crippen LogP contribution in [0, 0.1) is 23.2 Å². The molecule has 3 atom stereocenters. The lowest BCUT2D eigenvalue weighted by Crippen LogP contribution is -2.55. The highest BCUT2D eigenvalue weighted by atomic mass is 16.1. The van der Waals surface area contributed by atoms with E-state index in [1.807, 2.05) is 6.08 Å². The predicted octanol–water partition coefficient (Wildman–Crippen LogP) is 2.81. The molecule has 0 aliphatic heterocycles. The van der Waals surface area contributed by atoms with Crippen LogP contribution in [0.4, 0.5) is 0 Å². The van der Waals surface area contributed by atoms with Crippen molar-refractivity contribution in [1.82, 2.24) is 0 Å². The van der Waals surface area contributed by atoms with Gasteiger partial charge in [-0.15, -0.1) is 6.58 Å². The molecule has 0 spiro atoms. The molecule has 0 amide bonds. The standard InChI is InChI=1S/C12H18O/c1-4-5-9-10-6-8(7-11(9)13)12(10,2)3/h4,8-10H,1,5-7H2,2-3H3/t8-,9?,10+/m1/s1. The zero-order chi connectivity index (χ0) is 9.64. The first-order valence-electron chi connectivity index (χ1n) is 5.21. The van der Waals surface area contributed by atoms with Gasteiger partial charge in [0.15, 0.2) is 0 Å². The smallest absolute Gasteiger partial charge is 0.136 e. The van der Waals surface area contributed by atoms with Gasteiger partial charge in [0.05, 0.1) is 0 Å². The number of carbonyl (C=O) groups excluding carboxylic acids is 1. The molecule has 2 bridgehead atoms. The van der Waals surface area contributed by atoms with Crippen LogP contribution in [0.2, 0.25) is 0 Å². The highest BCUT2D eigenvalue weighted by molar-refractivity contribution is 5.84. The third kappa shape index (κ3) is 1.09. The predicted molar refractivity (Wildman–Crippen MR) is 53.3 cm³/mol. The maximum Gasteiger partial charge on any atom is 0.136 e. The maximum absolute atomic E-state index is 11.7. The first-order chi connectivity index (χ1) is 6.07. The van der Waals surface area contributed by atoms with Gasteiger partial charge in [-0.1, -0.05) is 19.9 Å². The van der Waals surface area contributed by atoms with Gasteiger partial charge in [-0.05, 0) is 30.1 Å². The Balaban J connectivity index is 2.17. The molecular weight excluding hydrogens is 160 g/mol. The molecule has 1 nitrogen and oxygen atoms in total. The van der Waals surface area contributed by atoms with E-state index in [4.69, 9.17) is 0 Å². The summed E-state index contributed by atoms with van der Waals surface area (Å²) in [6.45, 7) is 8.36. The van der Waals surface area contributed by atoms with E-state index in [-0.39, 0.29) is 5.92 Å². The van der Waals surface area contributed by atoms with Crippen LogP contribution < -0.4 is 0 Å². The summed E-state index contributed by atoms with van der Waals surface area (Å²) >= 11 is 0. The maximum atomic E-state index is 11.7. The molecule has 0 aromatic rings. The highest BCUT2D eigenvalue weighted by Crippen LogP contribution is 2.60. The average molecular weight is 178 g/mol. The summed E-state index contributed by atoms with van der Waals surface area (Å²) < 4.78 is 0. The summed E-state index contributed by atoms with van der Waals surface area (Å²) in [7, 11) is 0. The number of ketones is 1. The third-order valence-corrected chi connectivity index (χ3v) is 4.31. The summed E-state index contributed by atoms with van der Waals surface area (Å²) in [5, 5.41) is 0. The minimum Gasteiger partial charge on any atom is -0.299 e. The third-order valence-electron chi connectivity index (χ3n) is 4.31. The van der Waals surface area contributed by atoms with E-state index in [1.165, 1.54) is 6.42 Å². The van der Waals surface area contributed by atoms with Gasteiger partial charge >= 0.3 is 0 Å². The molecule has 3 saturated carbocycles. The van der Waals surface area contributed by atoms with Gasteiger partial charge in [-0.2, -0.15) is 0 Å². The van der Waals surface area contributed by atoms with Crippen LogP contribution in [0.3, 0.4) is 0 Å². The van der Waals surface area contributed by atoms with E-state index in [9.17, 15) is 4.79 Å². The van der Waals surface area contributed by atoms with Crippen molar-refractivity contribution in [2.24, 2.45) is 23.2 Å². The first-order valence-corrected chi connectivity index (χ1v) is 5.21. The highest BCUT2D eigenvalue weighted by Gasteiger charge is 2.56. The molecule has 72 valence electrons. The summed E-state index contributed by atoms with van der Waals surface area (Å²) in [6, 6.07) is 0. The van der Waals surface area contributed by atoms with Gasteiger partial charge in [0.1, 0.15) is 5.78 Å². The lowest BCUT2D eigenvalue weighted by atomic mass is 9.45. The van der Waals surface area contributed by atoms with Gasteiger partial charge in [0.2, 0.25) is 0 Å². The number of rotatable bonds is 2. The van der Waals surface area contributed by atoms with Crippen molar-refractivity contribution in [3.05, 3.63) is 12.7 Å². The molecule has 3 aliphatic rings. The van der Waals surface area contributed by atoms with Crippen molar-refractivity contribution in [2.75, 3.05) is 0 Å². The molecular formula is C12H18O. The van der Waals surface area contributed by atoms with Crippen molar-refractivity contribution in [1.29, 1.82) is 0 Å². The number of hydrogen-bond acceptors (Lipinski definition) is 1. The molecule has 1 unspecified atom stereocenters. The van der Waals surface area contributed by atoms with E-state index >= 15 is 0 Å². The van der Waals surface area contributed by atoms with Crippen LogP contribution >= 0.6 is 0 Å². The van der Waals surface area contributed by atoms with E-state index in [1.54, 1.807) is 0 Å². The number of allylic oxidation sites excluding steroid dienone is 1. The van der Waals surface area contributed by atoms with E-state index < -0.39 is 0 Å².